The van der Waals surface area contributed by atoms with Crippen LogP contribution in [0.5, 0.6) is 0 Å². The summed E-state index contributed by atoms with van der Waals surface area (Å²) in [5.41, 5.74) is 1.64. The summed E-state index contributed by atoms with van der Waals surface area (Å²) in [5.74, 6) is -1.11. The summed E-state index contributed by atoms with van der Waals surface area (Å²) in [7, 11) is 2.54. The smallest absolute Gasteiger partial charge is 0.339 e. The van der Waals surface area contributed by atoms with E-state index in [1.165, 1.54) is 20.3 Å². The third kappa shape index (κ3) is 2.67. The number of nitriles is 1. The summed E-state index contributed by atoms with van der Waals surface area (Å²) in [4.78, 5) is 23.7. The highest BCUT2D eigenvalue weighted by atomic mass is 16.5. The average molecular weight is 295 g/mol. The predicted octanol–water partition coefficient (Wildman–Crippen LogP) is 2.80. The lowest BCUT2D eigenvalue weighted by Gasteiger charge is -2.11. The van der Waals surface area contributed by atoms with Crippen molar-refractivity contribution in [2.75, 3.05) is 14.2 Å². The molecule has 0 N–H and O–H groups in total. The number of carbonyl (C=O) groups is 2. The Morgan fingerprint density at radius 1 is 0.864 bits per heavy atom. The molecule has 0 aliphatic rings. The van der Waals surface area contributed by atoms with Gasteiger partial charge in [-0.3, -0.25) is 0 Å². The first-order valence-corrected chi connectivity index (χ1v) is 6.43. The van der Waals surface area contributed by atoms with Crippen molar-refractivity contribution in [3.05, 3.63) is 59.2 Å². The summed E-state index contributed by atoms with van der Waals surface area (Å²) in [6.07, 6.45) is 0. The van der Waals surface area contributed by atoms with Crippen LogP contribution in [0.2, 0.25) is 0 Å². The second-order valence-electron chi connectivity index (χ2n) is 4.37. The standard InChI is InChI=1S/C17H13NO4/c1-21-16(19)13-7-4-3-6-11(13)12-8-5-9-14(15(12)10-18)17(20)22-2/h3-9H,1-2H3. The second kappa shape index (κ2) is 6.55. The summed E-state index contributed by atoms with van der Waals surface area (Å²) < 4.78 is 9.44. The molecule has 0 fully saturated rings. The summed E-state index contributed by atoms with van der Waals surface area (Å²) >= 11 is 0. The van der Waals surface area contributed by atoms with Crippen molar-refractivity contribution in [1.29, 1.82) is 5.26 Å². The van der Waals surface area contributed by atoms with Crippen molar-refractivity contribution in [2.45, 2.75) is 0 Å². The molecule has 0 radical (unpaired) electrons. The number of benzene rings is 2. The van der Waals surface area contributed by atoms with Crippen LogP contribution in [-0.2, 0) is 9.47 Å². The quantitative estimate of drug-likeness (QED) is 0.814. The zero-order valence-corrected chi connectivity index (χ0v) is 12.1. The summed E-state index contributed by atoms with van der Waals surface area (Å²) in [6.45, 7) is 0. The Balaban J connectivity index is 2.72. The van der Waals surface area contributed by atoms with Gasteiger partial charge in [-0.15, -0.1) is 0 Å². The number of esters is 2. The van der Waals surface area contributed by atoms with Gasteiger partial charge in [-0.25, -0.2) is 9.59 Å². The average Bonchev–Trinajstić information content (AvgIpc) is 2.59. The molecular weight excluding hydrogens is 282 g/mol. The molecule has 0 aromatic heterocycles. The van der Waals surface area contributed by atoms with E-state index in [0.717, 1.165) is 0 Å². The molecule has 2 rings (SSSR count). The number of ether oxygens (including phenoxy) is 2. The molecule has 0 saturated carbocycles. The van der Waals surface area contributed by atoms with Crippen LogP contribution in [0.3, 0.4) is 0 Å². The van der Waals surface area contributed by atoms with Crippen LogP contribution >= 0.6 is 0 Å². The van der Waals surface area contributed by atoms with E-state index in [-0.39, 0.29) is 11.1 Å². The van der Waals surface area contributed by atoms with Gasteiger partial charge in [-0.1, -0.05) is 30.3 Å². The highest BCUT2D eigenvalue weighted by molar-refractivity contribution is 6.00. The number of hydrogen-bond acceptors (Lipinski definition) is 5. The monoisotopic (exact) mass is 295 g/mol. The van der Waals surface area contributed by atoms with E-state index >= 15 is 0 Å². The van der Waals surface area contributed by atoms with Gasteiger partial charge in [-0.05, 0) is 17.7 Å². The fourth-order valence-electron chi connectivity index (χ4n) is 2.18. The number of rotatable bonds is 3. The molecule has 0 aliphatic carbocycles. The largest absolute Gasteiger partial charge is 0.465 e. The number of carbonyl (C=O) groups excluding carboxylic acids is 2. The molecule has 0 saturated heterocycles. The topological polar surface area (TPSA) is 76.4 Å². The molecule has 110 valence electrons. The number of methoxy groups -OCH3 is 2. The highest BCUT2D eigenvalue weighted by Crippen LogP contribution is 2.29. The molecule has 0 amide bonds. The molecule has 0 unspecified atom stereocenters. The minimum atomic E-state index is -0.603. The van der Waals surface area contributed by atoms with Gasteiger partial charge in [0.05, 0.1) is 30.9 Å². The van der Waals surface area contributed by atoms with Crippen LogP contribution in [0.25, 0.3) is 11.1 Å². The lowest BCUT2D eigenvalue weighted by Crippen LogP contribution is -2.07. The van der Waals surface area contributed by atoms with E-state index in [1.807, 2.05) is 6.07 Å². The van der Waals surface area contributed by atoms with Crippen LogP contribution in [-0.4, -0.2) is 26.2 Å². The van der Waals surface area contributed by atoms with Gasteiger partial charge in [0.25, 0.3) is 0 Å². The third-order valence-electron chi connectivity index (χ3n) is 3.20. The first-order chi connectivity index (χ1) is 10.6. The fourth-order valence-corrected chi connectivity index (χ4v) is 2.18. The molecule has 5 nitrogen and oxygen atoms in total. The molecule has 0 bridgehead atoms. The van der Waals surface area contributed by atoms with Crippen molar-refractivity contribution < 1.29 is 19.1 Å². The minimum Gasteiger partial charge on any atom is -0.465 e. The predicted molar refractivity (Wildman–Crippen MR) is 79.3 cm³/mol. The van der Waals surface area contributed by atoms with Crippen LogP contribution in [0, 0.1) is 11.3 Å². The van der Waals surface area contributed by atoms with Crippen molar-refractivity contribution in [2.24, 2.45) is 0 Å². The van der Waals surface area contributed by atoms with Gasteiger partial charge >= 0.3 is 11.9 Å². The van der Waals surface area contributed by atoms with Crippen molar-refractivity contribution >= 4 is 11.9 Å². The van der Waals surface area contributed by atoms with Crippen LogP contribution in [0.4, 0.5) is 0 Å². The number of hydrogen-bond donors (Lipinski definition) is 0. The van der Waals surface area contributed by atoms with Gasteiger partial charge in [0, 0.05) is 5.56 Å². The van der Waals surface area contributed by atoms with E-state index in [9.17, 15) is 14.9 Å². The summed E-state index contributed by atoms with van der Waals surface area (Å²) in [6, 6.07) is 13.6. The maximum atomic E-state index is 11.9. The first kappa shape index (κ1) is 15.3. The van der Waals surface area contributed by atoms with E-state index in [4.69, 9.17) is 4.74 Å². The molecule has 0 aliphatic heterocycles. The Kier molecular flexibility index (Phi) is 4.54. The maximum absolute atomic E-state index is 11.9. The maximum Gasteiger partial charge on any atom is 0.339 e. The molecule has 0 atom stereocenters. The van der Waals surface area contributed by atoms with Gasteiger partial charge in [-0.2, -0.15) is 5.26 Å². The molecule has 5 heteroatoms. The van der Waals surface area contributed by atoms with Crippen LogP contribution < -0.4 is 0 Å². The minimum absolute atomic E-state index is 0.155. The highest BCUT2D eigenvalue weighted by Gasteiger charge is 2.20. The number of nitrogens with zero attached hydrogens (tertiary/aromatic N) is 1. The van der Waals surface area contributed by atoms with E-state index in [1.54, 1.807) is 36.4 Å². The van der Waals surface area contributed by atoms with Crippen LogP contribution in [0.1, 0.15) is 26.3 Å². The Bertz CT molecular complexity index is 774. The molecule has 22 heavy (non-hydrogen) atoms. The summed E-state index contributed by atoms with van der Waals surface area (Å²) in [5, 5.41) is 9.42. The van der Waals surface area contributed by atoms with Gasteiger partial charge in [0.2, 0.25) is 0 Å². The third-order valence-corrected chi connectivity index (χ3v) is 3.20. The lowest BCUT2D eigenvalue weighted by atomic mass is 9.93. The fraction of sp³-hybridized carbons (Fsp3) is 0.118. The molecule has 2 aromatic carbocycles. The van der Waals surface area contributed by atoms with Gasteiger partial charge < -0.3 is 9.47 Å². The Labute approximate surface area is 127 Å². The van der Waals surface area contributed by atoms with E-state index < -0.39 is 11.9 Å². The Morgan fingerprint density at radius 3 is 2.05 bits per heavy atom. The molecular formula is C17H13NO4. The normalized spacial score (nSPS) is 9.68. The van der Waals surface area contributed by atoms with Crippen molar-refractivity contribution in [3.8, 4) is 17.2 Å². The molecule has 2 aromatic rings. The Morgan fingerprint density at radius 2 is 1.41 bits per heavy atom. The van der Waals surface area contributed by atoms with Crippen molar-refractivity contribution in [3.63, 3.8) is 0 Å². The SMILES string of the molecule is COC(=O)c1ccccc1-c1cccc(C(=O)OC)c1C#N. The molecule has 0 spiro atoms. The van der Waals surface area contributed by atoms with E-state index in [2.05, 4.69) is 4.74 Å². The lowest BCUT2D eigenvalue weighted by molar-refractivity contribution is 0.0593. The first-order valence-electron chi connectivity index (χ1n) is 6.43. The van der Waals surface area contributed by atoms with E-state index in [0.29, 0.717) is 16.7 Å². The van der Waals surface area contributed by atoms with Crippen molar-refractivity contribution in [1.82, 2.24) is 0 Å². The van der Waals surface area contributed by atoms with Gasteiger partial charge in [0.15, 0.2) is 0 Å². The zero-order valence-electron chi connectivity index (χ0n) is 12.1. The second-order valence-corrected chi connectivity index (χ2v) is 4.37. The Hall–Kier alpha value is -3.13. The zero-order chi connectivity index (χ0) is 16.1. The van der Waals surface area contributed by atoms with Crippen LogP contribution in [0.15, 0.2) is 42.5 Å². The molecule has 0 heterocycles. The van der Waals surface area contributed by atoms with Gasteiger partial charge in [0.1, 0.15) is 6.07 Å².